The van der Waals surface area contributed by atoms with E-state index in [-0.39, 0.29) is 17.3 Å². The molecule has 3 nitrogen and oxygen atoms in total. The van der Waals surface area contributed by atoms with Gasteiger partial charge in [-0.15, -0.1) is 0 Å². The molecule has 1 aliphatic carbocycles. The average Bonchev–Trinajstić information content (AvgIpc) is 2.68. The molecule has 1 saturated carbocycles. The molecule has 3 unspecified atom stereocenters. The monoisotopic (exact) mass is 225 g/mol. The maximum Gasteiger partial charge on any atom is 0.310 e. The fraction of sp³-hybridized carbons (Fsp3) is 0.923. The molecule has 0 amide bonds. The number of hydrogen-bond donors (Lipinski definition) is 1. The van der Waals surface area contributed by atoms with Crippen LogP contribution in [0.5, 0.6) is 0 Å². The molecule has 2 fully saturated rings. The van der Waals surface area contributed by atoms with Crippen molar-refractivity contribution < 1.29 is 9.53 Å². The summed E-state index contributed by atoms with van der Waals surface area (Å²) in [5.74, 6) is 0.616. The van der Waals surface area contributed by atoms with E-state index in [9.17, 15) is 4.79 Å². The smallest absolute Gasteiger partial charge is 0.310 e. The highest BCUT2D eigenvalue weighted by Crippen LogP contribution is 2.57. The Morgan fingerprint density at radius 3 is 2.62 bits per heavy atom. The van der Waals surface area contributed by atoms with Gasteiger partial charge in [0.25, 0.3) is 0 Å². The van der Waals surface area contributed by atoms with Crippen molar-refractivity contribution in [3.05, 3.63) is 0 Å². The van der Waals surface area contributed by atoms with Gasteiger partial charge < -0.3 is 10.1 Å². The molecule has 0 bridgehead atoms. The van der Waals surface area contributed by atoms with Crippen LogP contribution in [0, 0.1) is 22.7 Å². The van der Waals surface area contributed by atoms with Crippen molar-refractivity contribution in [1.29, 1.82) is 0 Å². The molecular weight excluding hydrogens is 202 g/mol. The summed E-state index contributed by atoms with van der Waals surface area (Å²) < 4.78 is 4.96. The average molecular weight is 225 g/mol. The van der Waals surface area contributed by atoms with Gasteiger partial charge in [0, 0.05) is 18.5 Å². The van der Waals surface area contributed by atoms with Crippen LogP contribution in [0.1, 0.15) is 33.6 Å². The van der Waals surface area contributed by atoms with Crippen LogP contribution in [-0.4, -0.2) is 26.2 Å². The summed E-state index contributed by atoms with van der Waals surface area (Å²) >= 11 is 0. The minimum absolute atomic E-state index is 0.0328. The molecule has 2 aliphatic rings. The molecule has 1 spiro atoms. The Kier molecular flexibility index (Phi) is 2.77. The topological polar surface area (TPSA) is 38.3 Å². The Morgan fingerprint density at radius 2 is 2.12 bits per heavy atom. The highest BCUT2D eigenvalue weighted by molar-refractivity contribution is 5.74. The predicted molar refractivity (Wildman–Crippen MR) is 63.0 cm³/mol. The van der Waals surface area contributed by atoms with Gasteiger partial charge in [-0.1, -0.05) is 20.8 Å². The maximum atomic E-state index is 11.9. The zero-order valence-corrected chi connectivity index (χ0v) is 10.8. The van der Waals surface area contributed by atoms with Crippen LogP contribution in [0.3, 0.4) is 0 Å². The first-order valence-electron chi connectivity index (χ1n) is 6.20. The SMILES string of the molecule is COC(=O)C1CNCC12CC(C)(C)CC2C. The number of ether oxygens (including phenoxy) is 1. The van der Waals surface area contributed by atoms with E-state index >= 15 is 0 Å². The van der Waals surface area contributed by atoms with Gasteiger partial charge in [0.2, 0.25) is 0 Å². The zero-order valence-electron chi connectivity index (χ0n) is 10.8. The molecular formula is C13H23NO2. The molecule has 3 atom stereocenters. The highest BCUT2D eigenvalue weighted by Gasteiger charge is 2.57. The van der Waals surface area contributed by atoms with E-state index in [2.05, 4.69) is 26.1 Å². The molecule has 1 heterocycles. The maximum absolute atomic E-state index is 11.9. The third-order valence-electron chi connectivity index (χ3n) is 4.63. The lowest BCUT2D eigenvalue weighted by atomic mass is 9.70. The van der Waals surface area contributed by atoms with Gasteiger partial charge in [0.1, 0.15) is 0 Å². The van der Waals surface area contributed by atoms with Crippen LogP contribution in [-0.2, 0) is 9.53 Å². The largest absolute Gasteiger partial charge is 0.469 e. The van der Waals surface area contributed by atoms with E-state index in [1.807, 2.05) is 0 Å². The second-order valence-electron chi connectivity index (χ2n) is 6.39. The molecule has 16 heavy (non-hydrogen) atoms. The lowest BCUT2D eigenvalue weighted by Gasteiger charge is -2.33. The van der Waals surface area contributed by atoms with E-state index in [4.69, 9.17) is 4.74 Å². The highest BCUT2D eigenvalue weighted by atomic mass is 16.5. The first-order chi connectivity index (χ1) is 7.41. The first-order valence-corrected chi connectivity index (χ1v) is 6.20. The normalized spacial score (nSPS) is 41.5. The molecule has 1 N–H and O–H groups in total. The summed E-state index contributed by atoms with van der Waals surface area (Å²) in [5.41, 5.74) is 0.494. The van der Waals surface area contributed by atoms with Gasteiger partial charge in [0.15, 0.2) is 0 Å². The third kappa shape index (κ3) is 1.65. The minimum Gasteiger partial charge on any atom is -0.469 e. The Morgan fingerprint density at radius 1 is 1.44 bits per heavy atom. The second-order valence-corrected chi connectivity index (χ2v) is 6.39. The van der Waals surface area contributed by atoms with E-state index in [0.29, 0.717) is 11.3 Å². The van der Waals surface area contributed by atoms with Gasteiger partial charge in [-0.05, 0) is 24.2 Å². The summed E-state index contributed by atoms with van der Waals surface area (Å²) in [5, 5.41) is 3.39. The van der Waals surface area contributed by atoms with E-state index in [1.54, 1.807) is 0 Å². The minimum atomic E-state index is -0.0328. The number of esters is 1. The summed E-state index contributed by atoms with van der Waals surface area (Å²) in [6, 6.07) is 0. The van der Waals surface area contributed by atoms with Crippen molar-refractivity contribution in [3.8, 4) is 0 Å². The third-order valence-corrected chi connectivity index (χ3v) is 4.63. The number of carbonyl (C=O) groups is 1. The fourth-order valence-corrected chi connectivity index (χ4v) is 4.11. The first kappa shape index (κ1) is 11.9. The van der Waals surface area contributed by atoms with Crippen LogP contribution in [0.15, 0.2) is 0 Å². The quantitative estimate of drug-likeness (QED) is 0.692. The summed E-state index contributed by atoms with van der Waals surface area (Å²) in [6.45, 7) is 8.66. The van der Waals surface area contributed by atoms with Crippen molar-refractivity contribution in [3.63, 3.8) is 0 Å². The molecule has 0 aromatic carbocycles. The Balaban J connectivity index is 2.27. The van der Waals surface area contributed by atoms with Crippen molar-refractivity contribution in [1.82, 2.24) is 5.32 Å². The summed E-state index contributed by atoms with van der Waals surface area (Å²) in [4.78, 5) is 11.9. The molecule has 3 heteroatoms. The summed E-state index contributed by atoms with van der Waals surface area (Å²) in [6.07, 6.45) is 2.34. The van der Waals surface area contributed by atoms with Crippen molar-refractivity contribution in [2.75, 3.05) is 20.2 Å². The van der Waals surface area contributed by atoms with Crippen LogP contribution in [0.25, 0.3) is 0 Å². The Bertz CT molecular complexity index is 300. The second kappa shape index (κ2) is 3.73. The van der Waals surface area contributed by atoms with Gasteiger partial charge in [0.05, 0.1) is 13.0 Å². The van der Waals surface area contributed by atoms with Crippen LogP contribution < -0.4 is 5.32 Å². The molecule has 2 rings (SSSR count). The number of nitrogens with one attached hydrogen (secondary N) is 1. The summed E-state index contributed by atoms with van der Waals surface area (Å²) in [7, 11) is 1.50. The van der Waals surface area contributed by atoms with E-state index < -0.39 is 0 Å². The van der Waals surface area contributed by atoms with E-state index in [0.717, 1.165) is 19.5 Å². The molecule has 0 radical (unpaired) electrons. The Labute approximate surface area is 97.9 Å². The Hall–Kier alpha value is -0.570. The molecule has 0 aromatic heterocycles. The number of carbonyl (C=O) groups excluding carboxylic acids is 1. The van der Waals surface area contributed by atoms with Crippen LogP contribution in [0.2, 0.25) is 0 Å². The zero-order chi connectivity index (χ0) is 12.0. The van der Waals surface area contributed by atoms with Crippen molar-refractivity contribution >= 4 is 5.97 Å². The molecule has 1 aliphatic heterocycles. The van der Waals surface area contributed by atoms with Gasteiger partial charge in [-0.2, -0.15) is 0 Å². The van der Waals surface area contributed by atoms with Crippen LogP contribution >= 0.6 is 0 Å². The predicted octanol–water partition coefficient (Wildman–Crippen LogP) is 1.82. The fourth-order valence-electron chi connectivity index (χ4n) is 4.11. The van der Waals surface area contributed by atoms with Crippen molar-refractivity contribution in [2.45, 2.75) is 33.6 Å². The lowest BCUT2D eigenvalue weighted by molar-refractivity contribution is -0.149. The molecule has 0 aromatic rings. The molecule has 92 valence electrons. The van der Waals surface area contributed by atoms with E-state index in [1.165, 1.54) is 13.5 Å². The number of hydrogen-bond acceptors (Lipinski definition) is 3. The molecule has 1 saturated heterocycles. The number of methoxy groups -OCH3 is 1. The van der Waals surface area contributed by atoms with Gasteiger partial charge in [-0.25, -0.2) is 0 Å². The van der Waals surface area contributed by atoms with Crippen LogP contribution in [0.4, 0.5) is 0 Å². The number of rotatable bonds is 1. The van der Waals surface area contributed by atoms with Crippen molar-refractivity contribution in [2.24, 2.45) is 22.7 Å². The lowest BCUT2D eigenvalue weighted by Crippen LogP contribution is -2.38. The van der Waals surface area contributed by atoms with Gasteiger partial charge >= 0.3 is 5.97 Å². The van der Waals surface area contributed by atoms with Gasteiger partial charge in [-0.3, -0.25) is 4.79 Å². The standard InChI is InChI=1S/C13H23NO2/c1-9-5-12(2,3)7-13(9)8-14-6-10(13)11(15)16-4/h9-10,14H,5-8H2,1-4H3.